The van der Waals surface area contributed by atoms with Crippen molar-refractivity contribution in [3.63, 3.8) is 0 Å². The number of alkyl halides is 3. The van der Waals surface area contributed by atoms with Gasteiger partial charge in [0.05, 0.1) is 6.04 Å². The normalized spacial score (nSPS) is 18.8. The number of rotatable bonds is 5. The largest absolute Gasteiger partial charge is 0.389 e. The molecule has 0 bridgehead atoms. The first-order valence-corrected chi connectivity index (χ1v) is 7.14. The fourth-order valence-electron chi connectivity index (χ4n) is 2.43. The zero-order chi connectivity index (χ0) is 15.3. The van der Waals surface area contributed by atoms with Gasteiger partial charge >= 0.3 is 6.18 Å². The average Bonchev–Trinajstić information content (AvgIpc) is 2.56. The van der Waals surface area contributed by atoms with Gasteiger partial charge in [-0.3, -0.25) is 4.79 Å². The van der Waals surface area contributed by atoms with Crippen LogP contribution in [0.15, 0.2) is 24.3 Å². The van der Waals surface area contributed by atoms with E-state index in [-0.39, 0.29) is 18.4 Å². The van der Waals surface area contributed by atoms with Crippen LogP contribution in [-0.4, -0.2) is 24.7 Å². The van der Waals surface area contributed by atoms with Gasteiger partial charge in [0, 0.05) is 12.1 Å². The number of hydrogen-bond acceptors (Lipinski definition) is 2. The number of unbranched alkanes of at least 4 members (excludes halogenated alkanes) is 1. The topological polar surface area (TPSA) is 41.1 Å². The van der Waals surface area contributed by atoms with Crippen molar-refractivity contribution < 1.29 is 18.0 Å². The van der Waals surface area contributed by atoms with E-state index in [0.717, 1.165) is 17.7 Å². The van der Waals surface area contributed by atoms with E-state index in [1.54, 1.807) is 0 Å². The van der Waals surface area contributed by atoms with E-state index in [1.807, 2.05) is 24.3 Å². The summed E-state index contributed by atoms with van der Waals surface area (Å²) in [6.45, 7) is 0.421. The number of nitrogens with one attached hydrogen (secondary N) is 2. The molecular weight excluding hydrogens is 281 g/mol. The number of carbonyl (C=O) groups excluding carboxylic acids is 1. The van der Waals surface area contributed by atoms with E-state index in [2.05, 4.69) is 10.6 Å². The number of halogens is 3. The molecular formula is C15H19F3N2O. The molecule has 0 radical (unpaired) electrons. The zero-order valence-corrected chi connectivity index (χ0v) is 11.7. The molecule has 0 aliphatic carbocycles. The van der Waals surface area contributed by atoms with Crippen molar-refractivity contribution >= 4 is 11.6 Å². The Balaban J connectivity index is 1.77. The van der Waals surface area contributed by atoms with E-state index in [1.165, 1.54) is 0 Å². The standard InChI is InChI=1S/C15H19F3N2O/c16-15(17,18)9-3-4-10-19-13-8-7-11-5-1-2-6-12(11)20-14(13)21/h1-2,5-6,13,19H,3-4,7-10H2,(H,20,21). The first-order chi connectivity index (χ1) is 9.96. The highest BCUT2D eigenvalue weighted by Gasteiger charge is 2.26. The molecule has 0 spiro atoms. The fraction of sp³-hybridized carbons (Fsp3) is 0.533. The van der Waals surface area contributed by atoms with Crippen LogP contribution in [-0.2, 0) is 11.2 Å². The lowest BCUT2D eigenvalue weighted by Gasteiger charge is -2.15. The lowest BCUT2D eigenvalue weighted by molar-refractivity contribution is -0.135. The molecule has 0 saturated heterocycles. The molecule has 0 saturated carbocycles. The zero-order valence-electron chi connectivity index (χ0n) is 11.7. The molecule has 1 heterocycles. The fourth-order valence-corrected chi connectivity index (χ4v) is 2.43. The monoisotopic (exact) mass is 300 g/mol. The second-order valence-electron chi connectivity index (χ2n) is 5.26. The highest BCUT2D eigenvalue weighted by atomic mass is 19.4. The summed E-state index contributed by atoms with van der Waals surface area (Å²) >= 11 is 0. The Morgan fingerprint density at radius 2 is 2.00 bits per heavy atom. The van der Waals surface area contributed by atoms with Crippen LogP contribution in [0.25, 0.3) is 0 Å². The summed E-state index contributed by atoms with van der Waals surface area (Å²) in [5.74, 6) is -0.115. The van der Waals surface area contributed by atoms with Crippen molar-refractivity contribution in [2.24, 2.45) is 0 Å². The SMILES string of the molecule is O=C1Nc2ccccc2CCC1NCCCCC(F)(F)F. The number of anilines is 1. The third-order valence-corrected chi connectivity index (χ3v) is 3.57. The first-order valence-electron chi connectivity index (χ1n) is 7.14. The number of fused-ring (bicyclic) bond motifs is 1. The highest BCUT2D eigenvalue weighted by Crippen LogP contribution is 2.23. The molecule has 1 aromatic rings. The summed E-state index contributed by atoms with van der Waals surface area (Å²) in [6.07, 6.45) is -2.93. The lowest BCUT2D eigenvalue weighted by atomic mass is 10.1. The second kappa shape index (κ2) is 6.93. The van der Waals surface area contributed by atoms with Crippen molar-refractivity contribution in [1.29, 1.82) is 0 Å². The van der Waals surface area contributed by atoms with Gasteiger partial charge in [0.25, 0.3) is 0 Å². The van der Waals surface area contributed by atoms with Gasteiger partial charge in [-0.25, -0.2) is 0 Å². The van der Waals surface area contributed by atoms with Crippen LogP contribution in [0.2, 0.25) is 0 Å². The highest BCUT2D eigenvalue weighted by molar-refractivity contribution is 5.96. The van der Waals surface area contributed by atoms with Crippen molar-refractivity contribution in [1.82, 2.24) is 5.32 Å². The number of para-hydroxylation sites is 1. The van der Waals surface area contributed by atoms with E-state index in [9.17, 15) is 18.0 Å². The summed E-state index contributed by atoms with van der Waals surface area (Å²) in [5, 5.41) is 5.91. The molecule has 2 rings (SSSR count). The third-order valence-electron chi connectivity index (χ3n) is 3.57. The molecule has 6 heteroatoms. The molecule has 1 aliphatic heterocycles. The molecule has 1 aliphatic rings. The number of benzene rings is 1. The minimum atomic E-state index is -4.10. The van der Waals surface area contributed by atoms with Crippen LogP contribution in [0.5, 0.6) is 0 Å². The maximum atomic E-state index is 12.0. The Morgan fingerprint density at radius 3 is 2.76 bits per heavy atom. The summed E-state index contributed by atoms with van der Waals surface area (Å²) < 4.78 is 36.1. The molecule has 1 aromatic carbocycles. The van der Waals surface area contributed by atoms with Gasteiger partial charge < -0.3 is 10.6 Å². The minimum absolute atomic E-state index is 0.0884. The predicted molar refractivity (Wildman–Crippen MR) is 75.1 cm³/mol. The Kier molecular flexibility index (Phi) is 5.22. The molecule has 1 unspecified atom stereocenters. The molecule has 1 atom stereocenters. The molecule has 116 valence electrons. The Bertz CT molecular complexity index is 488. The van der Waals surface area contributed by atoms with Crippen molar-refractivity contribution in [2.45, 2.75) is 44.3 Å². The van der Waals surface area contributed by atoms with Crippen molar-refractivity contribution in [3.05, 3.63) is 29.8 Å². The van der Waals surface area contributed by atoms with Crippen LogP contribution >= 0.6 is 0 Å². The number of carbonyl (C=O) groups is 1. The van der Waals surface area contributed by atoms with E-state index < -0.39 is 12.6 Å². The third kappa shape index (κ3) is 5.04. The number of amides is 1. The van der Waals surface area contributed by atoms with Crippen molar-refractivity contribution in [2.75, 3.05) is 11.9 Å². The molecule has 3 nitrogen and oxygen atoms in total. The van der Waals surface area contributed by atoms with Crippen LogP contribution in [0.4, 0.5) is 18.9 Å². The molecule has 1 amide bonds. The predicted octanol–water partition coefficient (Wildman–Crippen LogP) is 3.26. The first kappa shape index (κ1) is 15.8. The Hall–Kier alpha value is -1.56. The second-order valence-corrected chi connectivity index (χ2v) is 5.26. The summed E-state index contributed by atoms with van der Waals surface area (Å²) in [5.41, 5.74) is 1.91. The summed E-state index contributed by atoms with van der Waals surface area (Å²) in [4.78, 5) is 12.0. The average molecular weight is 300 g/mol. The molecule has 2 N–H and O–H groups in total. The summed E-state index contributed by atoms with van der Waals surface area (Å²) in [6, 6.07) is 7.28. The van der Waals surface area contributed by atoms with E-state index >= 15 is 0 Å². The van der Waals surface area contributed by atoms with Gasteiger partial charge in [-0.05, 0) is 43.9 Å². The van der Waals surface area contributed by atoms with Crippen LogP contribution in [0, 0.1) is 0 Å². The number of hydrogen-bond donors (Lipinski definition) is 2. The van der Waals surface area contributed by atoms with Gasteiger partial charge in [-0.1, -0.05) is 18.2 Å². The lowest BCUT2D eigenvalue weighted by Crippen LogP contribution is -2.40. The molecule has 21 heavy (non-hydrogen) atoms. The van der Waals surface area contributed by atoms with Gasteiger partial charge in [0.1, 0.15) is 0 Å². The van der Waals surface area contributed by atoms with Gasteiger partial charge in [0.15, 0.2) is 0 Å². The Labute approximate surface area is 121 Å². The maximum Gasteiger partial charge on any atom is 0.389 e. The number of aryl methyl sites for hydroxylation is 1. The van der Waals surface area contributed by atoms with Crippen molar-refractivity contribution in [3.8, 4) is 0 Å². The maximum absolute atomic E-state index is 12.0. The van der Waals surface area contributed by atoms with Crippen LogP contribution < -0.4 is 10.6 Å². The Morgan fingerprint density at radius 1 is 1.24 bits per heavy atom. The molecule has 0 aromatic heterocycles. The van der Waals surface area contributed by atoms with Crippen LogP contribution in [0.1, 0.15) is 31.2 Å². The summed E-state index contributed by atoms with van der Waals surface area (Å²) in [7, 11) is 0. The van der Waals surface area contributed by atoms with E-state index in [0.29, 0.717) is 19.4 Å². The van der Waals surface area contributed by atoms with Gasteiger partial charge in [-0.15, -0.1) is 0 Å². The van der Waals surface area contributed by atoms with Gasteiger partial charge in [-0.2, -0.15) is 13.2 Å². The smallest absolute Gasteiger partial charge is 0.324 e. The quantitative estimate of drug-likeness (QED) is 0.820. The van der Waals surface area contributed by atoms with E-state index in [4.69, 9.17) is 0 Å². The molecule has 0 fully saturated rings. The van der Waals surface area contributed by atoms with Crippen LogP contribution in [0.3, 0.4) is 0 Å². The van der Waals surface area contributed by atoms with Gasteiger partial charge in [0.2, 0.25) is 5.91 Å². The minimum Gasteiger partial charge on any atom is -0.324 e.